The first-order valence-electron chi connectivity index (χ1n) is 6.85. The molecule has 2 aromatic rings. The molecule has 0 bridgehead atoms. The lowest BCUT2D eigenvalue weighted by Gasteiger charge is -2.15. The molecule has 0 radical (unpaired) electrons. The maximum Gasteiger partial charge on any atom is 0.418 e. The number of nitro groups is 1. The maximum absolute atomic E-state index is 12.8. The number of hydrazine groups is 1. The second-order valence-corrected chi connectivity index (χ2v) is 4.76. The molecule has 132 valence electrons. The molecule has 2 N–H and O–H groups in total. The zero-order chi connectivity index (χ0) is 18.4. The molecule has 0 aliphatic carbocycles. The van der Waals surface area contributed by atoms with Crippen molar-refractivity contribution in [1.29, 1.82) is 0 Å². The molecular weight excluding hydrogens is 343 g/mol. The number of carbonyl (C=O) groups excluding carboxylic acids is 1. The number of ether oxygens (including phenoxy) is 1. The lowest BCUT2D eigenvalue weighted by Crippen LogP contribution is -2.34. The summed E-state index contributed by atoms with van der Waals surface area (Å²) in [5.41, 5.74) is 2.78. The van der Waals surface area contributed by atoms with Gasteiger partial charge in [-0.2, -0.15) is 13.2 Å². The summed E-state index contributed by atoms with van der Waals surface area (Å²) in [6.07, 6.45) is -4.58. The molecule has 0 spiro atoms. The first-order chi connectivity index (χ1) is 11.8. The van der Waals surface area contributed by atoms with E-state index in [1.54, 1.807) is 0 Å². The summed E-state index contributed by atoms with van der Waals surface area (Å²) in [6.45, 7) is -0.539. The van der Waals surface area contributed by atoms with Crippen molar-refractivity contribution in [1.82, 2.24) is 5.43 Å². The average Bonchev–Trinajstić information content (AvgIpc) is 2.58. The van der Waals surface area contributed by atoms with Crippen LogP contribution < -0.4 is 15.6 Å². The van der Waals surface area contributed by atoms with Crippen LogP contribution in [0.3, 0.4) is 0 Å². The fourth-order valence-corrected chi connectivity index (χ4v) is 1.85. The summed E-state index contributed by atoms with van der Waals surface area (Å²) in [6, 6.07) is 9.79. The highest BCUT2D eigenvalue weighted by molar-refractivity contribution is 5.79. The molecule has 0 aliphatic heterocycles. The third-order valence-corrected chi connectivity index (χ3v) is 2.97. The van der Waals surface area contributed by atoms with Gasteiger partial charge in [0.05, 0.1) is 22.2 Å². The quantitative estimate of drug-likeness (QED) is 0.613. The molecule has 7 nitrogen and oxygen atoms in total. The number of hydrogen-bond donors (Lipinski definition) is 2. The Labute approximate surface area is 139 Å². The Hall–Kier alpha value is -3.30. The second-order valence-electron chi connectivity index (χ2n) is 4.76. The summed E-state index contributed by atoms with van der Waals surface area (Å²) in [5.74, 6) is -0.677. The predicted molar refractivity (Wildman–Crippen MR) is 81.8 cm³/mol. The Kier molecular flexibility index (Phi) is 5.42. The fraction of sp³-hybridized carbons (Fsp3) is 0.133. The number of nitrogens with one attached hydrogen (secondary N) is 2. The fourth-order valence-electron chi connectivity index (χ4n) is 1.85. The molecule has 0 heterocycles. The minimum absolute atomic E-state index is 0.0834. The Morgan fingerprint density at radius 1 is 1.16 bits per heavy atom. The van der Waals surface area contributed by atoms with Gasteiger partial charge in [-0.3, -0.25) is 25.8 Å². The van der Waals surface area contributed by atoms with Crippen molar-refractivity contribution in [2.45, 2.75) is 6.18 Å². The Bertz CT molecular complexity index is 781. The molecule has 0 saturated carbocycles. The summed E-state index contributed by atoms with van der Waals surface area (Å²) < 4.78 is 43.5. The molecule has 0 aromatic heterocycles. The summed E-state index contributed by atoms with van der Waals surface area (Å²) >= 11 is 0. The standard InChI is InChI=1S/C15H12F3N3O4/c16-15(17,18)12-6-1-2-7-13(12)19-20-14(22)9-25-11-5-3-4-10(8-11)21(23)24/h1-8,19H,9H2,(H,20,22). The number of carbonyl (C=O) groups is 1. The number of nitro benzene ring substituents is 1. The lowest BCUT2D eigenvalue weighted by molar-refractivity contribution is -0.384. The van der Waals surface area contributed by atoms with E-state index in [4.69, 9.17) is 4.74 Å². The average molecular weight is 355 g/mol. The topological polar surface area (TPSA) is 93.5 Å². The molecule has 1 amide bonds. The summed E-state index contributed by atoms with van der Waals surface area (Å²) in [5, 5.41) is 10.6. The van der Waals surface area contributed by atoms with Crippen LogP contribution in [0.4, 0.5) is 24.5 Å². The van der Waals surface area contributed by atoms with Gasteiger partial charge in [-0.15, -0.1) is 0 Å². The van der Waals surface area contributed by atoms with Gasteiger partial charge in [-0.25, -0.2) is 0 Å². The zero-order valence-corrected chi connectivity index (χ0v) is 12.5. The Balaban J connectivity index is 1.92. The molecule has 25 heavy (non-hydrogen) atoms. The van der Waals surface area contributed by atoms with Crippen LogP contribution in [-0.4, -0.2) is 17.4 Å². The molecule has 0 fully saturated rings. The number of rotatable bonds is 6. The van der Waals surface area contributed by atoms with Gasteiger partial charge in [-0.1, -0.05) is 18.2 Å². The number of benzene rings is 2. The van der Waals surface area contributed by atoms with Gasteiger partial charge in [-0.05, 0) is 18.2 Å². The number of halogens is 3. The molecule has 10 heteroatoms. The third-order valence-electron chi connectivity index (χ3n) is 2.97. The lowest BCUT2D eigenvalue weighted by atomic mass is 10.2. The Morgan fingerprint density at radius 3 is 2.56 bits per heavy atom. The number of nitrogens with zero attached hydrogens (tertiary/aromatic N) is 1. The van der Waals surface area contributed by atoms with E-state index in [0.29, 0.717) is 0 Å². The van der Waals surface area contributed by atoms with E-state index in [9.17, 15) is 28.1 Å². The van der Waals surface area contributed by atoms with Crippen LogP contribution in [-0.2, 0) is 11.0 Å². The summed E-state index contributed by atoms with van der Waals surface area (Å²) in [7, 11) is 0. The number of para-hydroxylation sites is 1. The van der Waals surface area contributed by atoms with Crippen LogP contribution in [0, 0.1) is 10.1 Å². The maximum atomic E-state index is 12.8. The molecule has 2 rings (SSSR count). The van der Waals surface area contributed by atoms with E-state index >= 15 is 0 Å². The van der Waals surface area contributed by atoms with E-state index in [-0.39, 0.29) is 17.1 Å². The predicted octanol–water partition coefficient (Wildman–Crippen LogP) is 3.14. The van der Waals surface area contributed by atoms with Crippen molar-refractivity contribution >= 4 is 17.3 Å². The van der Waals surface area contributed by atoms with Gasteiger partial charge < -0.3 is 4.74 Å². The highest BCUT2D eigenvalue weighted by atomic mass is 19.4. The van der Waals surface area contributed by atoms with Crippen molar-refractivity contribution < 1.29 is 27.6 Å². The van der Waals surface area contributed by atoms with Gasteiger partial charge in [0.2, 0.25) is 0 Å². The molecule has 2 aromatic carbocycles. The van der Waals surface area contributed by atoms with Gasteiger partial charge in [0.15, 0.2) is 6.61 Å². The first-order valence-corrected chi connectivity index (χ1v) is 6.85. The van der Waals surface area contributed by atoms with Gasteiger partial charge in [0.1, 0.15) is 5.75 Å². The van der Waals surface area contributed by atoms with Crippen molar-refractivity contribution in [3.05, 3.63) is 64.2 Å². The van der Waals surface area contributed by atoms with Crippen LogP contribution in [0.5, 0.6) is 5.75 Å². The smallest absolute Gasteiger partial charge is 0.418 e. The highest BCUT2D eigenvalue weighted by Crippen LogP contribution is 2.34. The minimum Gasteiger partial charge on any atom is -0.483 e. The zero-order valence-electron chi connectivity index (χ0n) is 12.5. The molecule has 0 atom stereocenters. The Morgan fingerprint density at radius 2 is 1.88 bits per heavy atom. The van der Waals surface area contributed by atoms with Crippen LogP contribution in [0.15, 0.2) is 48.5 Å². The largest absolute Gasteiger partial charge is 0.483 e. The molecule has 0 unspecified atom stereocenters. The van der Waals surface area contributed by atoms with Gasteiger partial charge >= 0.3 is 6.18 Å². The van der Waals surface area contributed by atoms with Crippen molar-refractivity contribution in [3.8, 4) is 5.75 Å². The van der Waals surface area contributed by atoms with Crippen LogP contribution in [0.2, 0.25) is 0 Å². The van der Waals surface area contributed by atoms with E-state index in [2.05, 4.69) is 10.9 Å². The van der Waals surface area contributed by atoms with Crippen molar-refractivity contribution in [2.24, 2.45) is 0 Å². The summed E-state index contributed by atoms with van der Waals surface area (Å²) in [4.78, 5) is 21.7. The van der Waals surface area contributed by atoms with Crippen LogP contribution >= 0.6 is 0 Å². The normalized spacial score (nSPS) is 10.8. The van der Waals surface area contributed by atoms with E-state index in [1.807, 2.05) is 0 Å². The van der Waals surface area contributed by atoms with E-state index in [1.165, 1.54) is 30.3 Å². The third kappa shape index (κ3) is 5.09. The molecule has 0 saturated heterocycles. The van der Waals surface area contributed by atoms with Gasteiger partial charge in [0, 0.05) is 6.07 Å². The number of hydrogen-bond acceptors (Lipinski definition) is 5. The first kappa shape index (κ1) is 18.0. The number of anilines is 1. The number of alkyl halides is 3. The highest BCUT2D eigenvalue weighted by Gasteiger charge is 2.33. The minimum atomic E-state index is -4.58. The molecule has 0 aliphatic rings. The van der Waals surface area contributed by atoms with Gasteiger partial charge in [0.25, 0.3) is 11.6 Å². The molecular formula is C15H12F3N3O4. The monoisotopic (exact) mass is 355 g/mol. The van der Waals surface area contributed by atoms with E-state index in [0.717, 1.165) is 18.2 Å². The van der Waals surface area contributed by atoms with Crippen molar-refractivity contribution in [3.63, 3.8) is 0 Å². The SMILES string of the molecule is O=C(COc1cccc([N+](=O)[O-])c1)NNc1ccccc1C(F)(F)F. The number of non-ortho nitro benzene ring substituents is 1. The van der Waals surface area contributed by atoms with Crippen LogP contribution in [0.1, 0.15) is 5.56 Å². The van der Waals surface area contributed by atoms with E-state index < -0.39 is 29.2 Å². The number of amides is 1. The second kappa shape index (κ2) is 7.51. The van der Waals surface area contributed by atoms with Crippen molar-refractivity contribution in [2.75, 3.05) is 12.0 Å². The van der Waals surface area contributed by atoms with Crippen LogP contribution in [0.25, 0.3) is 0 Å².